The lowest BCUT2D eigenvalue weighted by molar-refractivity contribution is 0.0714. The number of benzene rings is 2. The Morgan fingerprint density at radius 1 is 0.919 bits per heavy atom. The number of hydrogen-bond donors (Lipinski definition) is 3. The fourth-order valence-electron chi connectivity index (χ4n) is 4.84. The summed E-state index contributed by atoms with van der Waals surface area (Å²) in [7, 11) is 0. The lowest BCUT2D eigenvalue weighted by Crippen LogP contribution is -2.31. The Labute approximate surface area is 218 Å². The van der Waals surface area contributed by atoms with E-state index in [-0.39, 0.29) is 5.91 Å². The van der Waals surface area contributed by atoms with Gasteiger partial charge in [0.1, 0.15) is 5.82 Å². The van der Waals surface area contributed by atoms with Crippen LogP contribution in [0.25, 0.3) is 0 Å². The Morgan fingerprint density at radius 2 is 1.70 bits per heavy atom. The molecule has 2 aromatic heterocycles. The van der Waals surface area contributed by atoms with Crippen LogP contribution < -0.4 is 5.32 Å². The molecule has 5 rings (SSSR count). The lowest BCUT2D eigenvalue weighted by Gasteiger charge is -2.28. The molecule has 0 radical (unpaired) electrons. The number of nitrogens with zero attached hydrogens (tertiary/aromatic N) is 4. The molecule has 1 amide bonds. The molecule has 3 N–H and O–H groups in total. The Morgan fingerprint density at radius 3 is 2.49 bits per heavy atom. The second-order valence-electron chi connectivity index (χ2n) is 9.63. The molecule has 192 valence electrons. The van der Waals surface area contributed by atoms with Crippen molar-refractivity contribution in [1.82, 2.24) is 35.1 Å². The van der Waals surface area contributed by atoms with Gasteiger partial charge in [-0.05, 0) is 54.6 Å². The van der Waals surface area contributed by atoms with Crippen LogP contribution in [-0.4, -0.2) is 55.3 Å². The topological polar surface area (TPSA) is 92.9 Å². The van der Waals surface area contributed by atoms with Crippen molar-refractivity contribution in [2.45, 2.75) is 45.4 Å². The lowest BCUT2D eigenvalue weighted by atomic mass is 10.00. The van der Waals surface area contributed by atoms with Crippen molar-refractivity contribution < 1.29 is 4.79 Å². The number of fused-ring (bicyclic) bond motifs is 1. The van der Waals surface area contributed by atoms with E-state index in [0.29, 0.717) is 18.9 Å². The number of H-pyrrole nitrogens is 2. The van der Waals surface area contributed by atoms with Gasteiger partial charge in [-0.2, -0.15) is 0 Å². The largest absolute Gasteiger partial charge is 0.347 e. The number of nitrogens with one attached hydrogen (secondary N) is 3. The number of imidazole rings is 2. The van der Waals surface area contributed by atoms with Gasteiger partial charge in [0, 0.05) is 51.0 Å². The predicted molar refractivity (Wildman–Crippen MR) is 144 cm³/mol. The highest BCUT2D eigenvalue weighted by molar-refractivity contribution is 5.90. The maximum absolute atomic E-state index is 13.0. The molecule has 1 aliphatic heterocycles. The summed E-state index contributed by atoms with van der Waals surface area (Å²) in [6.45, 7) is 6.15. The van der Waals surface area contributed by atoms with E-state index < -0.39 is 0 Å². The van der Waals surface area contributed by atoms with Gasteiger partial charge in [-0.15, -0.1) is 0 Å². The second-order valence-corrected chi connectivity index (χ2v) is 9.63. The van der Waals surface area contributed by atoms with Crippen molar-refractivity contribution in [1.29, 1.82) is 0 Å². The zero-order chi connectivity index (χ0) is 25.3. The van der Waals surface area contributed by atoms with Crippen LogP contribution in [0.4, 0.5) is 0 Å². The van der Waals surface area contributed by atoms with Crippen LogP contribution >= 0.6 is 0 Å². The van der Waals surface area contributed by atoms with Crippen LogP contribution in [0, 0.1) is 0 Å². The van der Waals surface area contributed by atoms with Crippen molar-refractivity contribution in [2.75, 3.05) is 19.6 Å². The van der Waals surface area contributed by atoms with Gasteiger partial charge in [-0.1, -0.05) is 48.5 Å². The summed E-state index contributed by atoms with van der Waals surface area (Å²) in [6, 6.07) is 17.3. The fourth-order valence-corrected chi connectivity index (χ4v) is 4.84. The SMILES string of the molecule is O=C(c1ncc[nH]1)N(Cc1ccc(CNCCCCN2CCc3ccccc3C2)cc1)Cc1ncc[nH]1. The molecule has 0 saturated carbocycles. The zero-order valence-electron chi connectivity index (χ0n) is 21.2. The van der Waals surface area contributed by atoms with E-state index in [1.807, 2.05) is 0 Å². The summed E-state index contributed by atoms with van der Waals surface area (Å²) < 4.78 is 0. The normalized spacial score (nSPS) is 13.4. The van der Waals surface area contributed by atoms with Crippen LogP contribution in [0.1, 0.15) is 51.5 Å². The number of unbranched alkanes of at least 4 members (excludes halogenated alkanes) is 1. The Balaban J connectivity index is 1.04. The third-order valence-corrected chi connectivity index (χ3v) is 6.90. The van der Waals surface area contributed by atoms with Gasteiger partial charge in [0.05, 0.1) is 6.54 Å². The zero-order valence-corrected chi connectivity index (χ0v) is 21.2. The number of aromatic nitrogens is 4. The van der Waals surface area contributed by atoms with Gasteiger partial charge >= 0.3 is 0 Å². The molecule has 37 heavy (non-hydrogen) atoms. The molecule has 0 spiro atoms. The molecule has 0 unspecified atom stereocenters. The van der Waals surface area contributed by atoms with Crippen molar-refractivity contribution in [3.05, 3.63) is 107 Å². The summed E-state index contributed by atoms with van der Waals surface area (Å²) in [5, 5.41) is 3.57. The van der Waals surface area contributed by atoms with Crippen molar-refractivity contribution >= 4 is 5.91 Å². The molecule has 0 bridgehead atoms. The number of carbonyl (C=O) groups excluding carboxylic acids is 1. The maximum Gasteiger partial charge on any atom is 0.290 e. The Hall–Kier alpha value is -3.75. The molecule has 8 nitrogen and oxygen atoms in total. The quantitative estimate of drug-likeness (QED) is 0.258. The number of rotatable bonds is 12. The van der Waals surface area contributed by atoms with Gasteiger partial charge in [0.2, 0.25) is 0 Å². The minimum absolute atomic E-state index is 0.152. The molecule has 0 atom stereocenters. The molecule has 1 aliphatic rings. The minimum Gasteiger partial charge on any atom is -0.347 e. The van der Waals surface area contributed by atoms with Crippen molar-refractivity contribution in [3.63, 3.8) is 0 Å². The third kappa shape index (κ3) is 6.93. The maximum atomic E-state index is 13.0. The minimum atomic E-state index is -0.152. The summed E-state index contributed by atoms with van der Waals surface area (Å²) in [5.74, 6) is 0.921. The first-order valence-corrected chi connectivity index (χ1v) is 13.1. The highest BCUT2D eigenvalue weighted by Crippen LogP contribution is 2.18. The Bertz CT molecular complexity index is 1240. The van der Waals surface area contributed by atoms with E-state index in [1.54, 1.807) is 29.7 Å². The van der Waals surface area contributed by atoms with Crippen LogP contribution in [0.15, 0.2) is 73.3 Å². The fraction of sp³-hybridized carbons (Fsp3) is 0.345. The molecule has 3 heterocycles. The van der Waals surface area contributed by atoms with Crippen LogP contribution in [0.2, 0.25) is 0 Å². The molecular formula is C29H35N7O. The van der Waals surface area contributed by atoms with E-state index in [4.69, 9.17) is 0 Å². The van der Waals surface area contributed by atoms with E-state index in [2.05, 4.69) is 78.7 Å². The smallest absolute Gasteiger partial charge is 0.290 e. The van der Waals surface area contributed by atoms with Gasteiger partial charge < -0.3 is 20.2 Å². The van der Waals surface area contributed by atoms with E-state index >= 15 is 0 Å². The number of hydrogen-bond acceptors (Lipinski definition) is 5. The first-order chi connectivity index (χ1) is 18.2. The van der Waals surface area contributed by atoms with E-state index in [9.17, 15) is 4.79 Å². The van der Waals surface area contributed by atoms with E-state index in [1.165, 1.54) is 42.5 Å². The molecule has 0 fully saturated rings. The van der Waals surface area contributed by atoms with E-state index in [0.717, 1.165) is 37.6 Å². The number of amides is 1. The van der Waals surface area contributed by atoms with Crippen LogP contribution in [0.5, 0.6) is 0 Å². The van der Waals surface area contributed by atoms with Gasteiger partial charge in [-0.25, -0.2) is 9.97 Å². The second kappa shape index (κ2) is 12.5. The highest BCUT2D eigenvalue weighted by Gasteiger charge is 2.20. The van der Waals surface area contributed by atoms with Gasteiger partial charge in [0.25, 0.3) is 5.91 Å². The molecular weight excluding hydrogens is 462 g/mol. The monoisotopic (exact) mass is 497 g/mol. The average molecular weight is 498 g/mol. The summed E-state index contributed by atoms with van der Waals surface area (Å²) in [4.78, 5) is 31.7. The summed E-state index contributed by atoms with van der Waals surface area (Å²) in [5.41, 5.74) is 5.31. The van der Waals surface area contributed by atoms with Gasteiger partial charge in [-0.3, -0.25) is 9.69 Å². The first-order valence-electron chi connectivity index (χ1n) is 13.1. The molecule has 0 saturated heterocycles. The Kier molecular flexibility index (Phi) is 8.40. The molecule has 0 aliphatic carbocycles. The summed E-state index contributed by atoms with van der Waals surface area (Å²) in [6.07, 6.45) is 10.3. The summed E-state index contributed by atoms with van der Waals surface area (Å²) >= 11 is 0. The standard InChI is InChI=1S/C29H35N7O/c37-29(28-33-15-16-34-28)36(22-27-31-13-14-32-27)20-24-9-7-23(8-10-24)19-30-12-3-4-17-35-18-11-25-5-1-2-6-26(25)21-35/h1-2,5-10,13-16,30H,3-4,11-12,17-22H2,(H,31,32)(H,33,34). The predicted octanol–water partition coefficient (Wildman–Crippen LogP) is 3.90. The van der Waals surface area contributed by atoms with Crippen molar-refractivity contribution in [3.8, 4) is 0 Å². The third-order valence-electron chi connectivity index (χ3n) is 6.90. The van der Waals surface area contributed by atoms with Crippen LogP contribution in [0.3, 0.4) is 0 Å². The first kappa shape index (κ1) is 24.9. The number of carbonyl (C=O) groups is 1. The molecule has 4 aromatic rings. The van der Waals surface area contributed by atoms with Crippen molar-refractivity contribution in [2.24, 2.45) is 0 Å². The average Bonchev–Trinajstić information content (AvgIpc) is 3.66. The molecule has 8 heteroatoms. The van der Waals surface area contributed by atoms with Crippen LogP contribution in [-0.2, 0) is 32.6 Å². The van der Waals surface area contributed by atoms with Gasteiger partial charge in [0.15, 0.2) is 5.82 Å². The number of aromatic amines is 2. The highest BCUT2D eigenvalue weighted by atomic mass is 16.2. The molecule has 2 aromatic carbocycles.